The average Bonchev–Trinajstić information content (AvgIpc) is 4.13. The van der Waals surface area contributed by atoms with Crippen molar-refractivity contribution in [3.05, 3.63) is 0 Å². The second kappa shape index (κ2) is 40.8. The molecule has 0 unspecified atom stereocenters. The maximum atomic E-state index is 12.4. The molecule has 14 nitrogen and oxygen atoms in total. The number of aliphatic carboxylic acids is 1. The Morgan fingerprint density at radius 1 is 0.424 bits per heavy atom. The highest BCUT2D eigenvalue weighted by Crippen LogP contribution is 2.22. The van der Waals surface area contributed by atoms with Gasteiger partial charge in [0.05, 0.1) is 0 Å². The topological polar surface area (TPSA) is 208 Å². The predicted octanol–water partition coefficient (Wildman–Crippen LogP) is 8.76. The summed E-state index contributed by atoms with van der Waals surface area (Å²) in [6.07, 6.45) is 33.7. The minimum atomic E-state index is -0.858. The Kier molecular flexibility index (Phi) is 37.5. The molecule has 0 aromatic heterocycles. The number of nitrogens with two attached hydrogens (primary N) is 2. The smallest absolute Gasteiger partial charge is 0.326 e. The van der Waals surface area contributed by atoms with E-state index in [4.69, 9.17) is 16.6 Å². The van der Waals surface area contributed by atoms with Crippen LogP contribution in [-0.4, -0.2) is 119 Å². The van der Waals surface area contributed by atoms with Crippen molar-refractivity contribution >= 4 is 35.5 Å². The van der Waals surface area contributed by atoms with Gasteiger partial charge in [-0.05, 0) is 96.6 Å². The van der Waals surface area contributed by atoms with Crippen LogP contribution < -0.4 is 22.1 Å². The molecule has 0 radical (unpaired) electrons. The van der Waals surface area contributed by atoms with E-state index in [1.807, 2.05) is 0 Å². The number of hydrogen-bond donors (Lipinski definition) is 5. The third-order valence-corrected chi connectivity index (χ3v) is 13.2. The molecule has 384 valence electrons. The van der Waals surface area contributed by atoms with Crippen molar-refractivity contribution < 1.29 is 33.9 Å². The molecule has 66 heavy (non-hydrogen) atoms. The first-order chi connectivity index (χ1) is 32.1. The van der Waals surface area contributed by atoms with Crippen molar-refractivity contribution in [2.45, 2.75) is 251 Å². The molecule has 3 aliphatic rings. The lowest BCUT2D eigenvalue weighted by Crippen LogP contribution is -2.46. The molecular formula is C52H99N7O7. The van der Waals surface area contributed by atoms with E-state index in [1.54, 1.807) is 14.7 Å². The van der Waals surface area contributed by atoms with Gasteiger partial charge < -0.3 is 41.9 Å². The number of carboxylic acid groups (broad SMARTS) is 1. The Balaban J connectivity index is 0.000000501. The largest absolute Gasteiger partial charge is 0.480 e. The molecule has 3 heterocycles. The van der Waals surface area contributed by atoms with Gasteiger partial charge in [0, 0.05) is 52.0 Å². The Bertz CT molecular complexity index is 1240. The SMILES string of the molecule is CCCCCCCCC(=O)N1CCC[C@@H]1C(=O)NCCCCCN.CCCCCCCCC(=O)N1CCC[C@@H]1C(=O)O.CCCCCCCCC(=O)N1CCC[C@H]1C(=O)NCCCCCN. The van der Waals surface area contributed by atoms with E-state index in [2.05, 4.69) is 31.4 Å². The number of rotatable bonds is 34. The monoisotopic (exact) mass is 934 g/mol. The minimum absolute atomic E-state index is 0.0235. The number of unbranched alkanes of at least 4 members (excludes halogenated alkanes) is 19. The van der Waals surface area contributed by atoms with Crippen molar-refractivity contribution in [2.24, 2.45) is 11.5 Å². The van der Waals surface area contributed by atoms with Gasteiger partial charge in [-0.1, -0.05) is 130 Å². The number of carbonyl (C=O) groups excluding carboxylic acids is 5. The van der Waals surface area contributed by atoms with E-state index < -0.39 is 12.0 Å². The molecule has 0 aromatic rings. The van der Waals surface area contributed by atoms with Gasteiger partial charge in [-0.2, -0.15) is 0 Å². The van der Waals surface area contributed by atoms with Crippen molar-refractivity contribution in [3.63, 3.8) is 0 Å². The lowest BCUT2D eigenvalue weighted by Gasteiger charge is -2.24. The maximum absolute atomic E-state index is 12.4. The first kappa shape index (κ1) is 60.8. The molecule has 3 rings (SSSR count). The van der Waals surface area contributed by atoms with E-state index in [-0.39, 0.29) is 41.6 Å². The van der Waals surface area contributed by atoms with Crippen LogP contribution in [0.15, 0.2) is 0 Å². The Morgan fingerprint density at radius 2 is 0.712 bits per heavy atom. The van der Waals surface area contributed by atoms with Gasteiger partial charge in [0.2, 0.25) is 29.5 Å². The van der Waals surface area contributed by atoms with Crippen LogP contribution in [-0.2, 0) is 28.8 Å². The van der Waals surface area contributed by atoms with Crippen molar-refractivity contribution in [3.8, 4) is 0 Å². The van der Waals surface area contributed by atoms with E-state index in [0.29, 0.717) is 58.4 Å². The van der Waals surface area contributed by atoms with E-state index in [9.17, 15) is 28.8 Å². The molecule has 3 atom stereocenters. The highest BCUT2D eigenvalue weighted by molar-refractivity contribution is 5.89. The number of amides is 5. The predicted molar refractivity (Wildman–Crippen MR) is 268 cm³/mol. The van der Waals surface area contributed by atoms with Crippen molar-refractivity contribution in [1.29, 1.82) is 0 Å². The van der Waals surface area contributed by atoms with E-state index >= 15 is 0 Å². The summed E-state index contributed by atoms with van der Waals surface area (Å²) in [6.45, 7) is 11.5. The molecule has 14 heteroatoms. The number of hydrogen-bond acceptors (Lipinski definition) is 8. The molecular weight excluding hydrogens is 835 g/mol. The summed E-state index contributed by atoms with van der Waals surface area (Å²) in [6, 6.07) is -1.06. The van der Waals surface area contributed by atoms with Gasteiger partial charge >= 0.3 is 5.97 Å². The maximum Gasteiger partial charge on any atom is 0.326 e. The standard InChI is InChI=1S/2C19H37N3O2.C14H25NO3/c2*1-2-3-4-5-6-8-13-18(23)22-16-11-12-17(22)19(24)21-15-10-7-9-14-20;1-2-3-4-5-6-7-10-13(16)15-11-8-9-12(15)14(17)18/h2*17H,2-16,20H2,1H3,(H,21,24);12H,2-11H2,1H3,(H,17,18)/t2*17-;12-/m101/s1. The van der Waals surface area contributed by atoms with Crippen LogP contribution in [0.4, 0.5) is 0 Å². The van der Waals surface area contributed by atoms with Crippen LogP contribution in [0.5, 0.6) is 0 Å². The van der Waals surface area contributed by atoms with Gasteiger partial charge in [0.25, 0.3) is 0 Å². The fourth-order valence-electron chi connectivity index (χ4n) is 9.15. The Morgan fingerprint density at radius 3 is 1.03 bits per heavy atom. The quantitative estimate of drug-likeness (QED) is 0.0390. The van der Waals surface area contributed by atoms with Crippen LogP contribution in [0.25, 0.3) is 0 Å². The number of nitrogens with zero attached hydrogens (tertiary/aromatic N) is 3. The average molecular weight is 934 g/mol. The lowest BCUT2D eigenvalue weighted by atomic mass is 10.1. The molecule has 3 saturated heterocycles. The van der Waals surface area contributed by atoms with E-state index in [0.717, 1.165) is 122 Å². The molecule has 7 N–H and O–H groups in total. The van der Waals surface area contributed by atoms with Gasteiger partial charge in [-0.15, -0.1) is 0 Å². The van der Waals surface area contributed by atoms with Crippen LogP contribution in [0.3, 0.4) is 0 Å². The van der Waals surface area contributed by atoms with Crippen molar-refractivity contribution in [1.82, 2.24) is 25.3 Å². The molecule has 0 spiro atoms. The van der Waals surface area contributed by atoms with Gasteiger partial charge in [0.1, 0.15) is 18.1 Å². The third-order valence-electron chi connectivity index (χ3n) is 13.2. The van der Waals surface area contributed by atoms with Gasteiger partial charge in [-0.3, -0.25) is 24.0 Å². The van der Waals surface area contributed by atoms with Crippen LogP contribution in [0.2, 0.25) is 0 Å². The highest BCUT2D eigenvalue weighted by atomic mass is 16.4. The Hall–Kier alpha value is -3.26. The number of nitrogens with one attached hydrogen (secondary N) is 2. The fraction of sp³-hybridized carbons (Fsp3) is 0.885. The molecule has 3 fully saturated rings. The summed E-state index contributed by atoms with van der Waals surface area (Å²) < 4.78 is 0. The molecule has 5 amide bonds. The summed E-state index contributed by atoms with van der Waals surface area (Å²) in [5.41, 5.74) is 10.9. The number of likely N-dealkylation sites (tertiary alicyclic amines) is 3. The normalized spacial score (nSPS) is 17.8. The summed E-state index contributed by atoms with van der Waals surface area (Å²) in [7, 11) is 0. The zero-order chi connectivity index (χ0) is 48.6. The molecule has 0 aromatic carbocycles. The zero-order valence-electron chi connectivity index (χ0n) is 42.4. The summed E-state index contributed by atoms with van der Waals surface area (Å²) in [4.78, 5) is 77.5. The molecule has 0 saturated carbocycles. The first-order valence-electron chi connectivity index (χ1n) is 27.1. The van der Waals surface area contributed by atoms with Crippen LogP contribution >= 0.6 is 0 Å². The third kappa shape index (κ3) is 27.5. The Labute approximate surface area is 401 Å². The minimum Gasteiger partial charge on any atom is -0.480 e. The van der Waals surface area contributed by atoms with Crippen LogP contribution in [0, 0.1) is 0 Å². The summed E-state index contributed by atoms with van der Waals surface area (Å²) in [5, 5.41) is 15.0. The second-order valence-corrected chi connectivity index (χ2v) is 18.9. The van der Waals surface area contributed by atoms with Gasteiger partial charge in [0.15, 0.2) is 0 Å². The second-order valence-electron chi connectivity index (χ2n) is 18.9. The van der Waals surface area contributed by atoms with Gasteiger partial charge in [-0.25, -0.2) is 4.79 Å². The molecule has 3 aliphatic heterocycles. The lowest BCUT2D eigenvalue weighted by molar-refractivity contribution is -0.148. The number of carboxylic acids is 1. The first-order valence-corrected chi connectivity index (χ1v) is 27.1. The highest BCUT2D eigenvalue weighted by Gasteiger charge is 2.35. The van der Waals surface area contributed by atoms with Crippen LogP contribution in [0.1, 0.15) is 233 Å². The molecule has 0 aliphatic carbocycles. The van der Waals surface area contributed by atoms with Crippen molar-refractivity contribution in [2.75, 3.05) is 45.8 Å². The molecule has 0 bridgehead atoms. The van der Waals surface area contributed by atoms with E-state index in [1.165, 1.54) is 77.0 Å². The fourth-order valence-corrected chi connectivity index (χ4v) is 9.15. The zero-order valence-corrected chi connectivity index (χ0v) is 42.4. The summed E-state index contributed by atoms with van der Waals surface area (Å²) >= 11 is 0. The summed E-state index contributed by atoms with van der Waals surface area (Å²) in [5.74, 6) is -0.468. The number of carbonyl (C=O) groups is 6.